The third-order valence-electron chi connectivity index (χ3n) is 3.27. The first-order valence-electron chi connectivity index (χ1n) is 7.31. The highest BCUT2D eigenvalue weighted by Crippen LogP contribution is 2.10. The second-order valence-corrected chi connectivity index (χ2v) is 5.20. The van der Waals surface area contributed by atoms with Gasteiger partial charge in [0.15, 0.2) is 0 Å². The van der Waals surface area contributed by atoms with Gasteiger partial charge in [-0.3, -0.25) is 0 Å². The van der Waals surface area contributed by atoms with Crippen molar-refractivity contribution in [2.45, 2.75) is 40.5 Å². The number of aryl methyl sites for hydroxylation is 3. The quantitative estimate of drug-likeness (QED) is 0.668. The molecule has 0 unspecified atom stereocenters. The van der Waals surface area contributed by atoms with Crippen LogP contribution in [-0.4, -0.2) is 15.7 Å². The van der Waals surface area contributed by atoms with Crippen LogP contribution in [0.3, 0.4) is 0 Å². The molecule has 0 fully saturated rings. The van der Waals surface area contributed by atoms with Crippen molar-refractivity contribution in [2.75, 3.05) is 5.43 Å². The molecule has 2 rings (SSSR count). The summed E-state index contributed by atoms with van der Waals surface area (Å²) in [6.45, 7) is 8.18. The Balaban J connectivity index is 2.18. The molecule has 21 heavy (non-hydrogen) atoms. The number of nitrogens with one attached hydrogen (secondary N) is 1. The molecule has 4 nitrogen and oxygen atoms in total. The van der Waals surface area contributed by atoms with E-state index < -0.39 is 0 Å². The van der Waals surface area contributed by atoms with E-state index in [4.69, 9.17) is 0 Å². The average molecular weight is 282 g/mol. The third-order valence-corrected chi connectivity index (χ3v) is 3.27. The molecule has 0 aliphatic rings. The normalized spacial score (nSPS) is 11.5. The van der Waals surface area contributed by atoms with Gasteiger partial charge in [-0.2, -0.15) is 5.10 Å². The molecule has 4 heteroatoms. The average Bonchev–Trinajstić information content (AvgIpc) is 2.45. The zero-order chi connectivity index (χ0) is 15.2. The molecule has 1 aromatic heterocycles. The molecule has 0 spiro atoms. The standard InChI is InChI=1S/C17H22N4/c1-5-8-15-11-13(3)18-17(19-15)21-20-14(4)16-10-7-6-9-12(16)2/h6-7,9-11H,5,8H2,1-4H3,(H,18,19,21). The summed E-state index contributed by atoms with van der Waals surface area (Å²) in [5.41, 5.74) is 8.25. The fraction of sp³-hybridized carbons (Fsp3) is 0.353. The second-order valence-electron chi connectivity index (χ2n) is 5.20. The van der Waals surface area contributed by atoms with Crippen LogP contribution in [0.25, 0.3) is 0 Å². The number of rotatable bonds is 5. The second kappa shape index (κ2) is 6.97. The number of aromatic nitrogens is 2. The van der Waals surface area contributed by atoms with Crippen molar-refractivity contribution in [1.29, 1.82) is 0 Å². The van der Waals surface area contributed by atoms with E-state index in [0.717, 1.165) is 35.5 Å². The zero-order valence-corrected chi connectivity index (χ0v) is 13.1. The summed E-state index contributed by atoms with van der Waals surface area (Å²) in [5, 5.41) is 4.41. The topological polar surface area (TPSA) is 50.2 Å². The lowest BCUT2D eigenvalue weighted by molar-refractivity contribution is 0.866. The predicted octanol–water partition coefficient (Wildman–Crippen LogP) is 3.88. The van der Waals surface area contributed by atoms with Crippen LogP contribution in [-0.2, 0) is 6.42 Å². The predicted molar refractivity (Wildman–Crippen MR) is 87.8 cm³/mol. The highest BCUT2D eigenvalue weighted by molar-refractivity contribution is 6.00. The minimum absolute atomic E-state index is 0.561. The molecule has 1 N–H and O–H groups in total. The van der Waals surface area contributed by atoms with Gasteiger partial charge in [0.25, 0.3) is 0 Å². The van der Waals surface area contributed by atoms with Crippen molar-refractivity contribution in [2.24, 2.45) is 5.10 Å². The van der Waals surface area contributed by atoms with Gasteiger partial charge in [0, 0.05) is 17.0 Å². The maximum Gasteiger partial charge on any atom is 0.243 e. The summed E-state index contributed by atoms with van der Waals surface area (Å²) >= 11 is 0. The van der Waals surface area contributed by atoms with Gasteiger partial charge in [-0.05, 0) is 38.8 Å². The van der Waals surface area contributed by atoms with Crippen molar-refractivity contribution in [1.82, 2.24) is 9.97 Å². The molecule has 0 radical (unpaired) electrons. The lowest BCUT2D eigenvalue weighted by Gasteiger charge is -2.07. The van der Waals surface area contributed by atoms with Gasteiger partial charge in [0.1, 0.15) is 0 Å². The Morgan fingerprint density at radius 2 is 1.95 bits per heavy atom. The first-order valence-corrected chi connectivity index (χ1v) is 7.31. The Morgan fingerprint density at radius 1 is 1.19 bits per heavy atom. The van der Waals surface area contributed by atoms with Crippen molar-refractivity contribution in [3.05, 3.63) is 52.8 Å². The molecule has 0 saturated carbocycles. The largest absolute Gasteiger partial charge is 0.245 e. The van der Waals surface area contributed by atoms with Gasteiger partial charge in [-0.1, -0.05) is 37.6 Å². The number of nitrogens with zero attached hydrogens (tertiary/aromatic N) is 3. The monoisotopic (exact) mass is 282 g/mol. The van der Waals surface area contributed by atoms with Crippen molar-refractivity contribution >= 4 is 11.7 Å². The highest BCUT2D eigenvalue weighted by Gasteiger charge is 2.03. The molecule has 0 bridgehead atoms. The number of hydrazone groups is 1. The molecule has 0 amide bonds. The van der Waals surface area contributed by atoms with E-state index >= 15 is 0 Å². The first-order chi connectivity index (χ1) is 10.1. The van der Waals surface area contributed by atoms with Crippen molar-refractivity contribution in [3.63, 3.8) is 0 Å². The highest BCUT2D eigenvalue weighted by atomic mass is 15.4. The Morgan fingerprint density at radius 3 is 2.67 bits per heavy atom. The van der Waals surface area contributed by atoms with E-state index in [1.54, 1.807) is 0 Å². The lowest BCUT2D eigenvalue weighted by atomic mass is 10.1. The van der Waals surface area contributed by atoms with E-state index in [1.165, 1.54) is 5.56 Å². The summed E-state index contributed by atoms with van der Waals surface area (Å²) in [5.74, 6) is 0.561. The summed E-state index contributed by atoms with van der Waals surface area (Å²) < 4.78 is 0. The zero-order valence-electron chi connectivity index (χ0n) is 13.1. The number of anilines is 1. The Kier molecular flexibility index (Phi) is 5.04. The molecule has 2 aromatic rings. The van der Waals surface area contributed by atoms with Gasteiger partial charge < -0.3 is 0 Å². The van der Waals surface area contributed by atoms with Gasteiger partial charge in [-0.25, -0.2) is 15.4 Å². The van der Waals surface area contributed by atoms with Crippen LogP contribution in [0.2, 0.25) is 0 Å². The smallest absolute Gasteiger partial charge is 0.243 e. The van der Waals surface area contributed by atoms with Crippen LogP contribution in [0.4, 0.5) is 5.95 Å². The number of hydrogen-bond donors (Lipinski definition) is 1. The minimum Gasteiger partial charge on any atom is -0.245 e. The van der Waals surface area contributed by atoms with Gasteiger partial charge in [0.2, 0.25) is 5.95 Å². The molecule has 0 atom stereocenters. The van der Waals surface area contributed by atoms with Crippen LogP contribution in [0, 0.1) is 13.8 Å². The maximum atomic E-state index is 4.48. The van der Waals surface area contributed by atoms with Gasteiger partial charge >= 0.3 is 0 Å². The van der Waals surface area contributed by atoms with Crippen LogP contribution in [0.5, 0.6) is 0 Å². The van der Waals surface area contributed by atoms with Crippen LogP contribution >= 0.6 is 0 Å². The molecule has 1 heterocycles. The number of benzene rings is 1. The Labute approximate surface area is 126 Å². The molecule has 0 aliphatic heterocycles. The van der Waals surface area contributed by atoms with E-state index in [1.807, 2.05) is 32.0 Å². The van der Waals surface area contributed by atoms with Gasteiger partial charge in [0.05, 0.1) is 5.71 Å². The summed E-state index contributed by atoms with van der Waals surface area (Å²) in [7, 11) is 0. The third kappa shape index (κ3) is 4.12. The van der Waals surface area contributed by atoms with E-state index in [2.05, 4.69) is 46.5 Å². The molecule has 0 aliphatic carbocycles. The minimum atomic E-state index is 0.561. The van der Waals surface area contributed by atoms with Crippen LogP contribution < -0.4 is 5.43 Å². The molecule has 110 valence electrons. The van der Waals surface area contributed by atoms with E-state index in [-0.39, 0.29) is 0 Å². The maximum absolute atomic E-state index is 4.48. The van der Waals surface area contributed by atoms with Crippen molar-refractivity contribution < 1.29 is 0 Å². The number of hydrogen-bond acceptors (Lipinski definition) is 4. The fourth-order valence-electron chi connectivity index (χ4n) is 2.24. The van der Waals surface area contributed by atoms with E-state index in [9.17, 15) is 0 Å². The molecular weight excluding hydrogens is 260 g/mol. The van der Waals surface area contributed by atoms with Gasteiger partial charge in [-0.15, -0.1) is 0 Å². The van der Waals surface area contributed by atoms with Crippen LogP contribution in [0.1, 0.15) is 42.8 Å². The molecule has 1 aromatic carbocycles. The first kappa shape index (κ1) is 15.2. The SMILES string of the molecule is CCCc1cc(C)nc(NN=C(C)c2ccccc2C)n1. The molecule has 0 saturated heterocycles. The Bertz CT molecular complexity index is 647. The summed E-state index contributed by atoms with van der Waals surface area (Å²) in [6, 6.07) is 10.2. The van der Waals surface area contributed by atoms with Crippen molar-refractivity contribution in [3.8, 4) is 0 Å². The van der Waals surface area contributed by atoms with Crippen LogP contribution in [0.15, 0.2) is 35.4 Å². The summed E-state index contributed by atoms with van der Waals surface area (Å²) in [4.78, 5) is 8.86. The fourth-order valence-corrected chi connectivity index (χ4v) is 2.24. The summed E-state index contributed by atoms with van der Waals surface area (Å²) in [6.07, 6.45) is 2.03. The Hall–Kier alpha value is -2.23. The van der Waals surface area contributed by atoms with E-state index in [0.29, 0.717) is 5.95 Å². The lowest BCUT2D eigenvalue weighted by Crippen LogP contribution is -2.05. The molecular formula is C17H22N4.